The number of thiophene rings is 1. The Morgan fingerprint density at radius 3 is 2.50 bits per heavy atom. The number of hydrogen-bond acceptors (Lipinski definition) is 4. The number of benzene rings is 2. The van der Waals surface area contributed by atoms with Crippen molar-refractivity contribution in [1.29, 1.82) is 0 Å². The van der Waals surface area contributed by atoms with E-state index in [0.29, 0.717) is 5.75 Å². The number of nitrogens with zero attached hydrogens (tertiary/aromatic N) is 1. The highest BCUT2D eigenvalue weighted by atomic mass is 32.1. The molecule has 1 saturated carbocycles. The highest BCUT2D eigenvalue weighted by Crippen LogP contribution is 2.48. The van der Waals surface area contributed by atoms with Crippen LogP contribution in [-0.2, 0) is 12.6 Å². The molecule has 0 bridgehead atoms. The van der Waals surface area contributed by atoms with E-state index in [1.165, 1.54) is 11.3 Å². The van der Waals surface area contributed by atoms with Gasteiger partial charge in [0.2, 0.25) is 0 Å². The third kappa shape index (κ3) is 3.06. The first-order valence-electron chi connectivity index (χ1n) is 10.1. The second kappa shape index (κ2) is 6.83. The van der Waals surface area contributed by atoms with Crippen LogP contribution in [0.4, 0.5) is 0 Å². The van der Waals surface area contributed by atoms with Gasteiger partial charge in [0.1, 0.15) is 16.2 Å². The highest BCUT2D eigenvalue weighted by Gasteiger charge is 2.42. The molecule has 1 aliphatic rings. The number of ether oxygens (including phenoxy) is 1. The Bertz CT molecular complexity index is 1320. The van der Waals surface area contributed by atoms with Gasteiger partial charge in [-0.05, 0) is 67.0 Å². The van der Waals surface area contributed by atoms with Crippen molar-refractivity contribution >= 4 is 21.4 Å². The second-order valence-electron chi connectivity index (χ2n) is 8.19. The van der Waals surface area contributed by atoms with Crippen LogP contribution in [0.25, 0.3) is 21.2 Å². The summed E-state index contributed by atoms with van der Waals surface area (Å²) in [7, 11) is 1.77. The third-order valence-electron chi connectivity index (χ3n) is 5.94. The quantitative estimate of drug-likeness (QED) is 0.466. The third-order valence-corrected chi connectivity index (χ3v) is 6.85. The van der Waals surface area contributed by atoms with E-state index in [1.54, 1.807) is 11.6 Å². The Labute approximate surface area is 179 Å². The zero-order valence-corrected chi connectivity index (χ0v) is 18.0. The molecule has 1 fully saturated rings. The molecule has 2 aromatic heterocycles. The molecule has 5 heteroatoms. The van der Waals surface area contributed by atoms with E-state index in [0.717, 1.165) is 56.5 Å². The molecule has 1 aliphatic carbocycles. The van der Waals surface area contributed by atoms with Crippen LogP contribution >= 0.6 is 11.3 Å². The molecule has 0 saturated heterocycles. The number of pyridine rings is 1. The molecule has 2 heterocycles. The molecule has 0 radical (unpaired) electrons. The lowest BCUT2D eigenvalue weighted by atomic mass is 9.97. The fraction of sp³-hybridized carbons (Fsp3) is 0.240. The lowest BCUT2D eigenvalue weighted by Gasteiger charge is -2.18. The molecule has 152 valence electrons. The van der Waals surface area contributed by atoms with Gasteiger partial charge in [0.05, 0.1) is 5.60 Å². The van der Waals surface area contributed by atoms with Gasteiger partial charge in [0.25, 0.3) is 5.56 Å². The van der Waals surface area contributed by atoms with Gasteiger partial charge in [-0.3, -0.25) is 4.79 Å². The zero-order valence-electron chi connectivity index (χ0n) is 17.2. The van der Waals surface area contributed by atoms with Crippen molar-refractivity contribution < 1.29 is 9.84 Å². The summed E-state index contributed by atoms with van der Waals surface area (Å²) >= 11 is 1.45. The van der Waals surface area contributed by atoms with Crippen molar-refractivity contribution in [3.8, 4) is 22.6 Å². The van der Waals surface area contributed by atoms with E-state index < -0.39 is 5.60 Å². The van der Waals surface area contributed by atoms with E-state index in [2.05, 4.69) is 0 Å². The van der Waals surface area contributed by atoms with Gasteiger partial charge >= 0.3 is 0 Å². The number of para-hydroxylation sites is 1. The average molecular weight is 418 g/mol. The topological polar surface area (TPSA) is 51.5 Å². The molecule has 4 nitrogen and oxygen atoms in total. The minimum absolute atomic E-state index is 0.00190. The summed E-state index contributed by atoms with van der Waals surface area (Å²) in [6.07, 6.45) is 3.40. The van der Waals surface area contributed by atoms with E-state index in [9.17, 15) is 9.90 Å². The van der Waals surface area contributed by atoms with Crippen molar-refractivity contribution in [3.63, 3.8) is 0 Å². The molecule has 0 aliphatic heterocycles. The number of fused-ring (bicyclic) bond motifs is 1. The van der Waals surface area contributed by atoms with Crippen LogP contribution in [0.1, 0.15) is 29.5 Å². The van der Waals surface area contributed by atoms with Crippen molar-refractivity contribution in [2.75, 3.05) is 0 Å². The normalized spacial score (nSPS) is 14.8. The Balaban J connectivity index is 1.75. The molecule has 0 spiro atoms. The lowest BCUT2D eigenvalue weighted by molar-refractivity contribution is 0.151. The maximum absolute atomic E-state index is 12.6. The van der Waals surface area contributed by atoms with Gasteiger partial charge in [-0.25, -0.2) is 0 Å². The van der Waals surface area contributed by atoms with E-state index in [-0.39, 0.29) is 5.56 Å². The molecule has 4 aromatic rings. The number of aryl methyl sites for hydroxylation is 3. The van der Waals surface area contributed by atoms with Crippen molar-refractivity contribution in [3.05, 3.63) is 81.1 Å². The maximum Gasteiger partial charge on any atom is 0.268 e. The summed E-state index contributed by atoms with van der Waals surface area (Å²) < 4.78 is 8.79. The average Bonchev–Trinajstić information content (AvgIpc) is 3.28. The molecule has 0 unspecified atom stereocenters. The minimum atomic E-state index is -0.750. The van der Waals surface area contributed by atoms with Gasteiger partial charge in [-0.1, -0.05) is 24.3 Å². The largest absolute Gasteiger partial charge is 0.456 e. The van der Waals surface area contributed by atoms with Crippen LogP contribution in [0.3, 0.4) is 0 Å². The van der Waals surface area contributed by atoms with Gasteiger partial charge in [-0.15, -0.1) is 11.3 Å². The Morgan fingerprint density at radius 2 is 1.80 bits per heavy atom. The standard InChI is InChI=1S/C25H23NO3S/c1-15-5-4-6-16(2)22(15)29-21-8-7-17(25(28)10-11-25)13-19(21)20-14-26(3)24(27)23-18(20)9-12-30-23/h4-9,12-14,28H,10-11H2,1-3H3. The van der Waals surface area contributed by atoms with Crippen LogP contribution in [0.2, 0.25) is 0 Å². The molecule has 5 rings (SSSR count). The van der Waals surface area contributed by atoms with Crippen molar-refractivity contribution in [1.82, 2.24) is 4.57 Å². The molecule has 0 amide bonds. The molecule has 2 aromatic carbocycles. The first-order chi connectivity index (χ1) is 14.4. The lowest BCUT2D eigenvalue weighted by Crippen LogP contribution is -2.15. The van der Waals surface area contributed by atoms with Gasteiger partial charge < -0.3 is 14.4 Å². The Morgan fingerprint density at radius 1 is 1.07 bits per heavy atom. The Kier molecular flexibility index (Phi) is 4.34. The minimum Gasteiger partial charge on any atom is -0.456 e. The Hall–Kier alpha value is -2.89. The monoisotopic (exact) mass is 417 g/mol. The van der Waals surface area contributed by atoms with Crippen LogP contribution < -0.4 is 10.3 Å². The summed E-state index contributed by atoms with van der Waals surface area (Å²) in [6.45, 7) is 4.07. The van der Waals surface area contributed by atoms with Crippen molar-refractivity contribution in [2.45, 2.75) is 32.3 Å². The van der Waals surface area contributed by atoms with E-state index in [4.69, 9.17) is 4.74 Å². The van der Waals surface area contributed by atoms with Gasteiger partial charge in [-0.2, -0.15) is 0 Å². The fourth-order valence-electron chi connectivity index (χ4n) is 3.98. The van der Waals surface area contributed by atoms with Crippen LogP contribution in [-0.4, -0.2) is 9.67 Å². The maximum atomic E-state index is 12.6. The molecule has 1 N–H and O–H groups in total. The molecular formula is C25H23NO3S. The second-order valence-corrected chi connectivity index (χ2v) is 9.10. The first kappa shape index (κ1) is 19.1. The summed E-state index contributed by atoms with van der Waals surface area (Å²) in [5.74, 6) is 1.55. The summed E-state index contributed by atoms with van der Waals surface area (Å²) in [5, 5.41) is 13.6. The predicted octanol–water partition coefficient (Wildman–Crippen LogP) is 5.66. The molecule has 0 atom stereocenters. The predicted molar refractivity (Wildman–Crippen MR) is 122 cm³/mol. The fourth-order valence-corrected chi connectivity index (χ4v) is 4.87. The summed E-state index contributed by atoms with van der Waals surface area (Å²) in [6, 6.07) is 14.0. The number of rotatable bonds is 4. The number of aliphatic hydroxyl groups is 1. The highest BCUT2D eigenvalue weighted by molar-refractivity contribution is 7.17. The van der Waals surface area contributed by atoms with Gasteiger partial charge in [0.15, 0.2) is 0 Å². The van der Waals surface area contributed by atoms with Gasteiger partial charge in [0, 0.05) is 29.8 Å². The summed E-state index contributed by atoms with van der Waals surface area (Å²) in [4.78, 5) is 12.6. The number of hydrogen-bond donors (Lipinski definition) is 1. The van der Waals surface area contributed by atoms with E-state index in [1.807, 2.05) is 67.9 Å². The SMILES string of the molecule is Cc1cccc(C)c1Oc1ccc(C2(O)CC2)cc1-c1cn(C)c(=O)c2sccc12. The molecule has 30 heavy (non-hydrogen) atoms. The van der Waals surface area contributed by atoms with E-state index >= 15 is 0 Å². The summed E-state index contributed by atoms with van der Waals surface area (Å²) in [5.41, 5.74) is 4.08. The smallest absolute Gasteiger partial charge is 0.268 e. The number of aromatic nitrogens is 1. The molecular weight excluding hydrogens is 394 g/mol. The zero-order chi connectivity index (χ0) is 21.0. The van der Waals surface area contributed by atoms with Crippen molar-refractivity contribution in [2.24, 2.45) is 7.05 Å². The van der Waals surface area contributed by atoms with Crippen LogP contribution in [0, 0.1) is 13.8 Å². The first-order valence-corrected chi connectivity index (χ1v) is 10.9. The van der Waals surface area contributed by atoms with Crippen LogP contribution in [0.15, 0.2) is 58.8 Å². The van der Waals surface area contributed by atoms with Crippen LogP contribution in [0.5, 0.6) is 11.5 Å².